The van der Waals surface area contributed by atoms with Crippen molar-refractivity contribution in [3.63, 3.8) is 0 Å². The zero-order valence-corrected chi connectivity index (χ0v) is 19.9. The van der Waals surface area contributed by atoms with Crippen LogP contribution in [0, 0.1) is 0 Å². The van der Waals surface area contributed by atoms with E-state index in [0.717, 1.165) is 46.2 Å². The smallest absolute Gasteiger partial charge is 0.253 e. The van der Waals surface area contributed by atoms with Crippen LogP contribution in [-0.4, -0.2) is 49.1 Å². The van der Waals surface area contributed by atoms with E-state index in [2.05, 4.69) is 29.2 Å². The molecule has 0 aliphatic carbocycles. The van der Waals surface area contributed by atoms with Crippen LogP contribution in [0.2, 0.25) is 5.02 Å². The Balaban J connectivity index is 1.23. The van der Waals surface area contributed by atoms with Gasteiger partial charge in [-0.15, -0.1) is 0 Å². The summed E-state index contributed by atoms with van der Waals surface area (Å²) in [6.07, 6.45) is 0.866. The van der Waals surface area contributed by atoms with Crippen molar-refractivity contribution in [1.29, 1.82) is 0 Å². The van der Waals surface area contributed by atoms with Gasteiger partial charge in [0.25, 0.3) is 5.91 Å². The maximum Gasteiger partial charge on any atom is 0.253 e. The first-order valence-electron chi connectivity index (χ1n) is 10.9. The number of aromatic nitrogens is 1. The molecular formula is C26H24ClN3O2S. The van der Waals surface area contributed by atoms with Crippen molar-refractivity contribution in [3.8, 4) is 5.75 Å². The van der Waals surface area contributed by atoms with Gasteiger partial charge in [0.2, 0.25) is 0 Å². The van der Waals surface area contributed by atoms with Crippen LogP contribution in [0.3, 0.4) is 0 Å². The first kappa shape index (κ1) is 21.7. The topological polar surface area (TPSA) is 45.7 Å². The van der Waals surface area contributed by atoms with E-state index in [0.29, 0.717) is 18.1 Å². The molecule has 1 aliphatic heterocycles. The van der Waals surface area contributed by atoms with Gasteiger partial charge < -0.3 is 14.5 Å². The molecule has 0 spiro atoms. The van der Waals surface area contributed by atoms with Crippen molar-refractivity contribution in [3.05, 3.63) is 88.4 Å². The normalized spacial score (nSPS) is 14.0. The van der Waals surface area contributed by atoms with Crippen molar-refractivity contribution in [2.75, 3.05) is 38.2 Å². The molecule has 1 saturated heterocycles. The number of benzene rings is 3. The molecule has 0 bridgehead atoms. The van der Waals surface area contributed by atoms with Crippen LogP contribution >= 0.6 is 22.9 Å². The lowest BCUT2D eigenvalue weighted by Gasteiger charge is -2.34. The van der Waals surface area contributed by atoms with E-state index in [9.17, 15) is 4.79 Å². The quantitative estimate of drug-likeness (QED) is 0.380. The molecule has 5 rings (SSSR count). The van der Waals surface area contributed by atoms with Crippen molar-refractivity contribution in [2.45, 2.75) is 6.42 Å². The Labute approximate surface area is 202 Å². The van der Waals surface area contributed by atoms with Crippen molar-refractivity contribution < 1.29 is 9.53 Å². The molecule has 3 aromatic carbocycles. The molecule has 0 saturated carbocycles. The zero-order chi connectivity index (χ0) is 22.8. The molecular weight excluding hydrogens is 454 g/mol. The maximum atomic E-state index is 13.0. The van der Waals surface area contributed by atoms with Gasteiger partial charge in [0.1, 0.15) is 11.3 Å². The highest BCUT2D eigenvalue weighted by atomic mass is 35.5. The van der Waals surface area contributed by atoms with Crippen LogP contribution in [0.4, 0.5) is 5.13 Å². The number of anilines is 1. The molecule has 2 heterocycles. The molecule has 1 amide bonds. The minimum Gasteiger partial charge on any atom is -0.494 e. The number of nitrogens with zero attached hydrogens (tertiary/aromatic N) is 3. The second-order valence-corrected chi connectivity index (χ2v) is 9.45. The third-order valence-corrected chi connectivity index (χ3v) is 7.53. The maximum absolute atomic E-state index is 13.0. The summed E-state index contributed by atoms with van der Waals surface area (Å²) >= 11 is 7.94. The van der Waals surface area contributed by atoms with E-state index in [1.807, 2.05) is 47.4 Å². The van der Waals surface area contributed by atoms with Crippen LogP contribution in [0.25, 0.3) is 10.2 Å². The summed E-state index contributed by atoms with van der Waals surface area (Å²) in [7, 11) is 1.64. The molecule has 33 heavy (non-hydrogen) atoms. The summed E-state index contributed by atoms with van der Waals surface area (Å²) in [6, 6.07) is 22.0. The van der Waals surface area contributed by atoms with Gasteiger partial charge in [0.15, 0.2) is 5.13 Å². The monoisotopic (exact) mass is 477 g/mol. The van der Waals surface area contributed by atoms with Gasteiger partial charge in [-0.3, -0.25) is 4.79 Å². The number of halogens is 1. The number of piperazine rings is 1. The van der Waals surface area contributed by atoms with Crippen LogP contribution in [-0.2, 0) is 6.42 Å². The third-order valence-electron chi connectivity index (χ3n) is 5.96. The second-order valence-electron chi connectivity index (χ2n) is 8.06. The number of carbonyl (C=O) groups is 1. The Hall–Kier alpha value is -3.09. The summed E-state index contributed by atoms with van der Waals surface area (Å²) < 4.78 is 6.37. The molecule has 168 valence electrons. The minimum atomic E-state index is 0.0786. The van der Waals surface area contributed by atoms with E-state index in [1.165, 1.54) is 11.1 Å². The molecule has 1 aliphatic rings. The highest BCUT2D eigenvalue weighted by molar-refractivity contribution is 7.22. The molecule has 1 aromatic heterocycles. The van der Waals surface area contributed by atoms with Gasteiger partial charge in [0.05, 0.1) is 16.8 Å². The fraction of sp³-hybridized carbons (Fsp3) is 0.231. The Bertz CT molecular complexity index is 1270. The number of thiazole rings is 1. The van der Waals surface area contributed by atoms with E-state index < -0.39 is 0 Å². The highest BCUT2D eigenvalue weighted by Gasteiger charge is 2.25. The Morgan fingerprint density at radius 1 is 0.970 bits per heavy atom. The number of hydrogen-bond acceptors (Lipinski definition) is 5. The third kappa shape index (κ3) is 4.54. The molecule has 4 aromatic rings. The predicted molar refractivity (Wildman–Crippen MR) is 135 cm³/mol. The van der Waals surface area contributed by atoms with Crippen molar-refractivity contribution >= 4 is 44.2 Å². The molecule has 0 N–H and O–H groups in total. The average Bonchev–Trinajstić information content (AvgIpc) is 3.32. The fourth-order valence-electron chi connectivity index (χ4n) is 4.12. The Morgan fingerprint density at radius 3 is 2.36 bits per heavy atom. The number of methoxy groups -OCH3 is 1. The first-order chi connectivity index (χ1) is 16.1. The first-order valence-corrected chi connectivity index (χ1v) is 12.1. The summed E-state index contributed by atoms with van der Waals surface area (Å²) in [5.41, 5.74) is 3.99. The number of amides is 1. The SMILES string of the molecule is COc1ccc(Cl)c2sc(N3CCN(C(=O)c4ccc(Cc5ccccc5)cc4)CC3)nc12. The second kappa shape index (κ2) is 9.41. The number of rotatable bonds is 5. The van der Waals surface area contributed by atoms with Crippen LogP contribution < -0.4 is 9.64 Å². The largest absolute Gasteiger partial charge is 0.494 e. The van der Waals surface area contributed by atoms with E-state index in [4.69, 9.17) is 21.3 Å². The van der Waals surface area contributed by atoms with E-state index >= 15 is 0 Å². The molecule has 0 unspecified atom stereocenters. The molecule has 5 nitrogen and oxygen atoms in total. The van der Waals surface area contributed by atoms with E-state index in [1.54, 1.807) is 18.4 Å². The molecule has 0 atom stereocenters. The van der Waals surface area contributed by atoms with Crippen LogP contribution in [0.5, 0.6) is 5.75 Å². The van der Waals surface area contributed by atoms with Gasteiger partial charge in [-0.2, -0.15) is 0 Å². The summed E-state index contributed by atoms with van der Waals surface area (Å²) in [4.78, 5) is 21.9. The summed E-state index contributed by atoms with van der Waals surface area (Å²) in [5.74, 6) is 0.802. The van der Waals surface area contributed by atoms with Gasteiger partial charge in [-0.05, 0) is 41.8 Å². The van der Waals surface area contributed by atoms with Gasteiger partial charge in [-0.25, -0.2) is 4.98 Å². The van der Waals surface area contributed by atoms with Crippen molar-refractivity contribution in [2.24, 2.45) is 0 Å². The molecule has 7 heteroatoms. The lowest BCUT2D eigenvalue weighted by molar-refractivity contribution is 0.0747. The van der Waals surface area contributed by atoms with Gasteiger partial charge in [-0.1, -0.05) is 65.4 Å². The summed E-state index contributed by atoms with van der Waals surface area (Å²) in [5, 5.41) is 1.59. The van der Waals surface area contributed by atoms with Crippen LogP contribution in [0.15, 0.2) is 66.7 Å². The van der Waals surface area contributed by atoms with E-state index in [-0.39, 0.29) is 5.91 Å². The Kier molecular flexibility index (Phi) is 6.20. The fourth-order valence-corrected chi connectivity index (χ4v) is 5.43. The van der Waals surface area contributed by atoms with Crippen LogP contribution in [0.1, 0.15) is 21.5 Å². The minimum absolute atomic E-state index is 0.0786. The highest BCUT2D eigenvalue weighted by Crippen LogP contribution is 2.38. The van der Waals surface area contributed by atoms with Gasteiger partial charge in [0, 0.05) is 31.7 Å². The number of fused-ring (bicyclic) bond motifs is 1. The standard InChI is InChI=1S/C26H24ClN3O2S/c1-32-22-12-11-21(27)24-23(22)28-26(33-24)30-15-13-29(14-16-30)25(31)20-9-7-19(8-10-20)17-18-5-3-2-4-6-18/h2-12H,13-17H2,1H3. The predicted octanol–water partition coefficient (Wildman–Crippen LogP) is 5.51. The Morgan fingerprint density at radius 2 is 1.67 bits per heavy atom. The zero-order valence-electron chi connectivity index (χ0n) is 18.3. The molecule has 0 radical (unpaired) electrons. The lowest BCUT2D eigenvalue weighted by Crippen LogP contribution is -2.48. The lowest BCUT2D eigenvalue weighted by atomic mass is 10.0. The molecule has 1 fully saturated rings. The van der Waals surface area contributed by atoms with Gasteiger partial charge >= 0.3 is 0 Å². The number of carbonyl (C=O) groups excluding carboxylic acids is 1. The number of hydrogen-bond donors (Lipinski definition) is 0. The summed E-state index contributed by atoms with van der Waals surface area (Å²) in [6.45, 7) is 2.78. The van der Waals surface area contributed by atoms with Crippen molar-refractivity contribution in [1.82, 2.24) is 9.88 Å². The number of ether oxygens (including phenoxy) is 1. The average molecular weight is 478 g/mol.